The molecule has 1 atom stereocenters. The summed E-state index contributed by atoms with van der Waals surface area (Å²) in [5.41, 5.74) is 7.72. The summed E-state index contributed by atoms with van der Waals surface area (Å²) in [6.07, 6.45) is 7.23. The van der Waals surface area contributed by atoms with Gasteiger partial charge in [0.1, 0.15) is 0 Å². The standard InChI is InChI=1S/C17H24N4O2/c1-4-7-8-14(18)17(23)20-11-16(22)21-13-9-12(5-2)15(6-3)19-10-13/h5-6,9-10,14H,2-4,7-8,11,18H2,1H3,(H,20,23)(H,21,22). The van der Waals surface area contributed by atoms with Crippen molar-refractivity contribution >= 4 is 29.7 Å². The largest absolute Gasteiger partial charge is 0.346 e. The van der Waals surface area contributed by atoms with Gasteiger partial charge in [-0.1, -0.05) is 39.0 Å². The third-order valence-electron chi connectivity index (χ3n) is 3.28. The number of unbranched alkanes of at least 4 members (excludes halogenated alkanes) is 1. The molecule has 1 aromatic heterocycles. The lowest BCUT2D eigenvalue weighted by molar-refractivity contribution is -0.125. The fourth-order valence-electron chi connectivity index (χ4n) is 1.95. The number of amides is 2. The second-order valence-electron chi connectivity index (χ2n) is 5.12. The fourth-order valence-corrected chi connectivity index (χ4v) is 1.95. The van der Waals surface area contributed by atoms with Crippen LogP contribution in [0.25, 0.3) is 12.2 Å². The normalized spacial score (nSPS) is 11.4. The molecule has 0 spiro atoms. The maximum absolute atomic E-state index is 11.9. The number of rotatable bonds is 9. The fraction of sp³-hybridized carbons (Fsp3) is 0.353. The minimum absolute atomic E-state index is 0.134. The lowest BCUT2D eigenvalue weighted by Crippen LogP contribution is -2.43. The van der Waals surface area contributed by atoms with Gasteiger partial charge in [-0.25, -0.2) is 0 Å². The van der Waals surface area contributed by atoms with Crippen LogP contribution in [-0.4, -0.2) is 29.4 Å². The highest BCUT2D eigenvalue weighted by atomic mass is 16.2. The van der Waals surface area contributed by atoms with Gasteiger partial charge < -0.3 is 16.4 Å². The molecular formula is C17H24N4O2. The van der Waals surface area contributed by atoms with Crippen LogP contribution in [0.2, 0.25) is 0 Å². The van der Waals surface area contributed by atoms with Crippen molar-refractivity contribution in [2.24, 2.45) is 5.73 Å². The average molecular weight is 316 g/mol. The van der Waals surface area contributed by atoms with Crippen LogP contribution >= 0.6 is 0 Å². The van der Waals surface area contributed by atoms with E-state index in [9.17, 15) is 9.59 Å². The Kier molecular flexibility index (Phi) is 7.70. The summed E-state index contributed by atoms with van der Waals surface area (Å²) in [5, 5.41) is 5.20. The summed E-state index contributed by atoms with van der Waals surface area (Å²) in [5.74, 6) is -0.662. The first kappa shape index (κ1) is 18.6. The van der Waals surface area contributed by atoms with E-state index in [0.29, 0.717) is 17.8 Å². The molecule has 0 aliphatic heterocycles. The van der Waals surface area contributed by atoms with Gasteiger partial charge >= 0.3 is 0 Å². The summed E-state index contributed by atoms with van der Waals surface area (Å²) in [6, 6.07) is 1.16. The molecule has 0 fully saturated rings. The SMILES string of the molecule is C=Cc1cc(NC(=O)CNC(=O)C(N)CCCC)cnc1C=C. The molecule has 0 saturated heterocycles. The number of nitrogens with two attached hydrogens (primary N) is 1. The zero-order valence-corrected chi connectivity index (χ0v) is 13.5. The van der Waals surface area contributed by atoms with E-state index in [4.69, 9.17) is 5.73 Å². The molecule has 1 unspecified atom stereocenters. The number of anilines is 1. The average Bonchev–Trinajstić information content (AvgIpc) is 2.57. The van der Waals surface area contributed by atoms with Crippen LogP contribution in [-0.2, 0) is 9.59 Å². The molecule has 0 aromatic carbocycles. The molecule has 6 nitrogen and oxygen atoms in total. The molecule has 0 saturated carbocycles. The van der Waals surface area contributed by atoms with E-state index in [1.807, 2.05) is 6.92 Å². The number of pyridine rings is 1. The van der Waals surface area contributed by atoms with Gasteiger partial charge in [0.2, 0.25) is 11.8 Å². The van der Waals surface area contributed by atoms with Crippen LogP contribution in [0.3, 0.4) is 0 Å². The van der Waals surface area contributed by atoms with E-state index in [2.05, 4.69) is 28.8 Å². The van der Waals surface area contributed by atoms with Crippen LogP contribution in [0.1, 0.15) is 37.4 Å². The Hall–Kier alpha value is -2.47. The summed E-state index contributed by atoms with van der Waals surface area (Å²) >= 11 is 0. The Labute approximate surface area is 136 Å². The molecule has 1 heterocycles. The lowest BCUT2D eigenvalue weighted by Gasteiger charge is -2.12. The van der Waals surface area contributed by atoms with Crippen LogP contribution in [0, 0.1) is 0 Å². The van der Waals surface area contributed by atoms with Crippen molar-refractivity contribution < 1.29 is 9.59 Å². The topological polar surface area (TPSA) is 97.1 Å². The number of carbonyl (C=O) groups excluding carboxylic acids is 2. The highest BCUT2D eigenvalue weighted by molar-refractivity contribution is 5.95. The highest BCUT2D eigenvalue weighted by Crippen LogP contribution is 2.15. The predicted octanol–water partition coefficient (Wildman–Crippen LogP) is 1.94. The summed E-state index contributed by atoms with van der Waals surface area (Å²) in [6.45, 7) is 9.25. The molecule has 4 N–H and O–H groups in total. The molecule has 6 heteroatoms. The maximum Gasteiger partial charge on any atom is 0.243 e. The third kappa shape index (κ3) is 6.04. The molecule has 23 heavy (non-hydrogen) atoms. The first-order valence-corrected chi connectivity index (χ1v) is 7.59. The van der Waals surface area contributed by atoms with Crippen molar-refractivity contribution in [3.05, 3.63) is 36.7 Å². The van der Waals surface area contributed by atoms with Gasteiger partial charge in [0.25, 0.3) is 0 Å². The number of carbonyl (C=O) groups is 2. The number of nitrogens with zero attached hydrogens (tertiary/aromatic N) is 1. The Balaban J connectivity index is 2.52. The molecule has 0 aliphatic rings. The zero-order valence-electron chi connectivity index (χ0n) is 13.5. The van der Waals surface area contributed by atoms with Crippen molar-refractivity contribution in [2.75, 3.05) is 11.9 Å². The van der Waals surface area contributed by atoms with E-state index >= 15 is 0 Å². The van der Waals surface area contributed by atoms with Gasteiger partial charge in [0, 0.05) is 5.56 Å². The molecule has 0 radical (unpaired) electrons. The molecule has 0 aliphatic carbocycles. The molecular weight excluding hydrogens is 292 g/mol. The molecule has 124 valence electrons. The van der Waals surface area contributed by atoms with Gasteiger partial charge in [-0.2, -0.15) is 0 Å². The van der Waals surface area contributed by atoms with Crippen molar-refractivity contribution in [2.45, 2.75) is 32.2 Å². The van der Waals surface area contributed by atoms with Crippen LogP contribution in [0.5, 0.6) is 0 Å². The molecule has 0 bridgehead atoms. The maximum atomic E-state index is 11.9. The Bertz CT molecular complexity index is 584. The van der Waals surface area contributed by atoms with Crippen molar-refractivity contribution in [1.29, 1.82) is 0 Å². The quantitative estimate of drug-likeness (QED) is 0.648. The van der Waals surface area contributed by atoms with Crippen molar-refractivity contribution in [1.82, 2.24) is 10.3 Å². The lowest BCUT2D eigenvalue weighted by atomic mass is 10.1. The highest BCUT2D eigenvalue weighted by Gasteiger charge is 2.13. The molecule has 1 aromatic rings. The summed E-state index contributed by atoms with van der Waals surface area (Å²) in [7, 11) is 0. The smallest absolute Gasteiger partial charge is 0.243 e. The Morgan fingerprint density at radius 1 is 1.39 bits per heavy atom. The van der Waals surface area contributed by atoms with E-state index in [1.54, 1.807) is 18.2 Å². The van der Waals surface area contributed by atoms with Gasteiger partial charge in [0.05, 0.1) is 30.2 Å². The van der Waals surface area contributed by atoms with E-state index in [0.717, 1.165) is 18.4 Å². The summed E-state index contributed by atoms with van der Waals surface area (Å²) < 4.78 is 0. The minimum Gasteiger partial charge on any atom is -0.346 e. The number of nitrogens with one attached hydrogen (secondary N) is 2. The van der Waals surface area contributed by atoms with Gasteiger partial charge in [-0.3, -0.25) is 14.6 Å². The summed E-state index contributed by atoms with van der Waals surface area (Å²) in [4.78, 5) is 27.8. The number of aromatic nitrogens is 1. The third-order valence-corrected chi connectivity index (χ3v) is 3.28. The zero-order chi connectivity index (χ0) is 17.2. The number of hydrogen-bond acceptors (Lipinski definition) is 4. The molecule has 2 amide bonds. The first-order valence-electron chi connectivity index (χ1n) is 7.59. The van der Waals surface area contributed by atoms with Gasteiger partial charge in [-0.15, -0.1) is 0 Å². The van der Waals surface area contributed by atoms with Gasteiger partial charge in [-0.05, 0) is 18.6 Å². The molecule has 1 rings (SSSR count). The second kappa shape index (κ2) is 9.53. The predicted molar refractivity (Wildman–Crippen MR) is 93.6 cm³/mol. The van der Waals surface area contributed by atoms with E-state index in [1.165, 1.54) is 6.20 Å². The van der Waals surface area contributed by atoms with Crippen LogP contribution < -0.4 is 16.4 Å². The number of hydrogen-bond donors (Lipinski definition) is 3. The van der Waals surface area contributed by atoms with Crippen LogP contribution in [0.15, 0.2) is 25.4 Å². The first-order chi connectivity index (χ1) is 11.0. The van der Waals surface area contributed by atoms with Crippen LogP contribution in [0.4, 0.5) is 5.69 Å². The Morgan fingerprint density at radius 3 is 2.74 bits per heavy atom. The van der Waals surface area contributed by atoms with Crippen molar-refractivity contribution in [3.63, 3.8) is 0 Å². The van der Waals surface area contributed by atoms with E-state index < -0.39 is 6.04 Å². The van der Waals surface area contributed by atoms with E-state index in [-0.39, 0.29) is 18.4 Å². The monoisotopic (exact) mass is 316 g/mol. The Morgan fingerprint density at radius 2 is 2.13 bits per heavy atom. The minimum atomic E-state index is -0.580. The van der Waals surface area contributed by atoms with Gasteiger partial charge in [0.15, 0.2) is 0 Å². The van der Waals surface area contributed by atoms with Crippen molar-refractivity contribution in [3.8, 4) is 0 Å². The second-order valence-corrected chi connectivity index (χ2v) is 5.12.